The zero-order valence-electron chi connectivity index (χ0n) is 14.6. The van der Waals surface area contributed by atoms with E-state index < -0.39 is 21.7 Å². The summed E-state index contributed by atoms with van der Waals surface area (Å²) in [6, 6.07) is 14.9. The van der Waals surface area contributed by atoms with Crippen LogP contribution in [-0.2, 0) is 10.0 Å². The molecule has 6 nitrogen and oxygen atoms in total. The van der Waals surface area contributed by atoms with Crippen molar-refractivity contribution >= 4 is 21.6 Å². The number of hydrogen-bond acceptors (Lipinski definition) is 4. The molecule has 1 amide bonds. The van der Waals surface area contributed by atoms with E-state index in [0.29, 0.717) is 5.69 Å². The molecular formula is C19H17FN2O4S. The highest BCUT2D eigenvalue weighted by atomic mass is 32.2. The number of sulfonamides is 1. The van der Waals surface area contributed by atoms with E-state index in [4.69, 9.17) is 4.42 Å². The highest BCUT2D eigenvalue weighted by molar-refractivity contribution is 7.89. The number of nitrogens with zero attached hydrogens (tertiary/aromatic N) is 1. The number of benzene rings is 2. The molecule has 3 aromatic rings. The van der Waals surface area contributed by atoms with Gasteiger partial charge < -0.3 is 9.73 Å². The number of halogens is 1. The molecule has 1 heterocycles. The Labute approximate surface area is 156 Å². The van der Waals surface area contributed by atoms with E-state index in [9.17, 15) is 17.6 Å². The fourth-order valence-electron chi connectivity index (χ4n) is 2.40. The van der Waals surface area contributed by atoms with Gasteiger partial charge in [0.15, 0.2) is 5.76 Å². The zero-order valence-corrected chi connectivity index (χ0v) is 15.5. The summed E-state index contributed by atoms with van der Waals surface area (Å²) in [4.78, 5) is 12.4. The van der Waals surface area contributed by atoms with Gasteiger partial charge >= 0.3 is 0 Å². The molecule has 0 fully saturated rings. The monoisotopic (exact) mass is 388 g/mol. The molecule has 3 rings (SSSR count). The largest absolute Gasteiger partial charge is 0.451 e. The zero-order chi connectivity index (χ0) is 19.6. The molecule has 0 atom stereocenters. The second-order valence-corrected chi connectivity index (χ2v) is 8.06. The van der Waals surface area contributed by atoms with Gasteiger partial charge in [-0.3, -0.25) is 4.79 Å². The third-order valence-corrected chi connectivity index (χ3v) is 5.65. The van der Waals surface area contributed by atoms with E-state index >= 15 is 0 Å². The third-order valence-electron chi connectivity index (χ3n) is 3.84. The van der Waals surface area contributed by atoms with Crippen LogP contribution in [0.4, 0.5) is 10.1 Å². The minimum absolute atomic E-state index is 0.0193. The number of hydrogen-bond donors (Lipinski definition) is 1. The number of carbonyl (C=O) groups is 1. The Morgan fingerprint density at radius 2 is 1.78 bits per heavy atom. The van der Waals surface area contributed by atoms with E-state index in [1.807, 2.05) is 0 Å². The van der Waals surface area contributed by atoms with E-state index in [1.165, 1.54) is 50.5 Å². The van der Waals surface area contributed by atoms with Gasteiger partial charge in [0.05, 0.1) is 10.5 Å². The standard InChI is InChI=1S/C19H17FN2O4S/c1-22(2)27(24,25)14-7-5-6-13(12-14)21-19(23)18-11-10-17(26-18)15-8-3-4-9-16(15)20/h3-12H,1-2H3,(H,21,23). The van der Waals surface area contributed by atoms with Gasteiger partial charge in [0, 0.05) is 19.8 Å². The molecule has 8 heteroatoms. The minimum atomic E-state index is -3.62. The molecule has 1 N–H and O–H groups in total. The fraction of sp³-hybridized carbons (Fsp3) is 0.105. The van der Waals surface area contributed by atoms with Gasteiger partial charge in [-0.25, -0.2) is 17.1 Å². The summed E-state index contributed by atoms with van der Waals surface area (Å²) in [6.45, 7) is 0. The molecule has 27 heavy (non-hydrogen) atoms. The van der Waals surface area contributed by atoms with Crippen LogP contribution < -0.4 is 5.32 Å². The van der Waals surface area contributed by atoms with Gasteiger partial charge in [-0.15, -0.1) is 0 Å². The van der Waals surface area contributed by atoms with Crippen LogP contribution in [0.2, 0.25) is 0 Å². The average Bonchev–Trinajstić information content (AvgIpc) is 3.12. The topological polar surface area (TPSA) is 79.6 Å². The van der Waals surface area contributed by atoms with Crippen molar-refractivity contribution in [3.63, 3.8) is 0 Å². The van der Waals surface area contributed by atoms with Crippen LogP contribution in [0.5, 0.6) is 0 Å². The smallest absolute Gasteiger partial charge is 0.291 e. The summed E-state index contributed by atoms with van der Waals surface area (Å²) >= 11 is 0. The van der Waals surface area contributed by atoms with Gasteiger partial charge in [-0.1, -0.05) is 18.2 Å². The van der Waals surface area contributed by atoms with Crippen LogP contribution in [0.3, 0.4) is 0 Å². The summed E-state index contributed by atoms with van der Waals surface area (Å²) in [5.41, 5.74) is 0.544. The van der Waals surface area contributed by atoms with Crippen molar-refractivity contribution in [3.8, 4) is 11.3 Å². The van der Waals surface area contributed by atoms with Gasteiger partial charge in [0.25, 0.3) is 5.91 Å². The maximum atomic E-state index is 13.8. The van der Waals surface area contributed by atoms with Crippen molar-refractivity contribution in [1.29, 1.82) is 0 Å². The fourth-order valence-corrected chi connectivity index (χ4v) is 3.35. The van der Waals surface area contributed by atoms with Gasteiger partial charge in [-0.2, -0.15) is 0 Å². The van der Waals surface area contributed by atoms with E-state index in [1.54, 1.807) is 24.3 Å². The summed E-state index contributed by atoms with van der Waals surface area (Å²) in [7, 11) is -0.771. The number of anilines is 1. The number of nitrogens with one attached hydrogen (secondary N) is 1. The first-order chi connectivity index (χ1) is 12.8. The first-order valence-electron chi connectivity index (χ1n) is 7.98. The summed E-state index contributed by atoms with van der Waals surface area (Å²) in [5.74, 6) is -0.825. The lowest BCUT2D eigenvalue weighted by Crippen LogP contribution is -2.22. The normalized spacial score (nSPS) is 11.6. The Morgan fingerprint density at radius 3 is 2.48 bits per heavy atom. The van der Waals surface area contributed by atoms with Crippen molar-refractivity contribution in [2.75, 3.05) is 19.4 Å². The quantitative estimate of drug-likeness (QED) is 0.724. The Balaban J connectivity index is 1.82. The second-order valence-electron chi connectivity index (χ2n) is 5.91. The van der Waals surface area contributed by atoms with Gasteiger partial charge in [0.1, 0.15) is 11.6 Å². The molecule has 0 aliphatic rings. The molecule has 2 aromatic carbocycles. The Bertz CT molecular complexity index is 1090. The highest BCUT2D eigenvalue weighted by Crippen LogP contribution is 2.25. The van der Waals surface area contributed by atoms with Crippen LogP contribution in [0.25, 0.3) is 11.3 Å². The SMILES string of the molecule is CN(C)S(=O)(=O)c1cccc(NC(=O)c2ccc(-c3ccccc3F)o2)c1. The number of furan rings is 1. The molecule has 1 aromatic heterocycles. The lowest BCUT2D eigenvalue weighted by atomic mass is 10.1. The molecule has 0 spiro atoms. The summed E-state index contributed by atoms with van der Waals surface area (Å²) in [6.07, 6.45) is 0. The molecule has 0 aliphatic carbocycles. The van der Waals surface area contributed by atoms with Crippen LogP contribution in [0.15, 0.2) is 70.0 Å². The molecule has 0 radical (unpaired) electrons. The van der Waals surface area contributed by atoms with Crippen LogP contribution >= 0.6 is 0 Å². The van der Waals surface area contributed by atoms with E-state index in [-0.39, 0.29) is 22.0 Å². The molecule has 140 valence electrons. The minimum Gasteiger partial charge on any atom is -0.451 e. The first-order valence-corrected chi connectivity index (χ1v) is 9.42. The molecule has 0 saturated heterocycles. The lowest BCUT2D eigenvalue weighted by Gasteiger charge is -2.12. The first kappa shape index (κ1) is 18.8. The Kier molecular flexibility index (Phi) is 5.11. The van der Waals surface area contributed by atoms with Gasteiger partial charge in [-0.05, 0) is 42.5 Å². The highest BCUT2D eigenvalue weighted by Gasteiger charge is 2.19. The van der Waals surface area contributed by atoms with Gasteiger partial charge in [0.2, 0.25) is 10.0 Å². The van der Waals surface area contributed by atoms with Crippen LogP contribution in [0.1, 0.15) is 10.6 Å². The summed E-state index contributed by atoms with van der Waals surface area (Å²) in [5, 5.41) is 2.58. The number of carbonyl (C=O) groups excluding carboxylic acids is 1. The molecule has 0 bridgehead atoms. The second kappa shape index (κ2) is 7.34. The number of rotatable bonds is 5. The number of amides is 1. The van der Waals surface area contributed by atoms with Crippen molar-refractivity contribution in [2.24, 2.45) is 0 Å². The van der Waals surface area contributed by atoms with Crippen LogP contribution in [-0.4, -0.2) is 32.7 Å². The third kappa shape index (κ3) is 3.91. The molecular weight excluding hydrogens is 371 g/mol. The van der Waals surface area contributed by atoms with Crippen molar-refractivity contribution in [3.05, 3.63) is 72.2 Å². The maximum Gasteiger partial charge on any atom is 0.291 e. The average molecular weight is 388 g/mol. The van der Waals surface area contributed by atoms with E-state index in [2.05, 4.69) is 5.32 Å². The van der Waals surface area contributed by atoms with E-state index in [0.717, 1.165) is 4.31 Å². The maximum absolute atomic E-state index is 13.8. The van der Waals surface area contributed by atoms with Crippen LogP contribution in [0, 0.1) is 5.82 Å². The molecule has 0 unspecified atom stereocenters. The van der Waals surface area contributed by atoms with Crippen molar-refractivity contribution in [2.45, 2.75) is 4.90 Å². The predicted molar refractivity (Wildman–Crippen MR) is 99.4 cm³/mol. The van der Waals surface area contributed by atoms with Crippen molar-refractivity contribution in [1.82, 2.24) is 4.31 Å². The Morgan fingerprint density at radius 1 is 1.04 bits per heavy atom. The summed E-state index contributed by atoms with van der Waals surface area (Å²) < 4.78 is 44.7. The lowest BCUT2D eigenvalue weighted by molar-refractivity contribution is 0.0997. The molecule has 0 aliphatic heterocycles. The predicted octanol–water partition coefficient (Wildman–Crippen LogP) is 3.59. The Hall–Kier alpha value is -2.97. The molecule has 0 saturated carbocycles. The van der Waals surface area contributed by atoms with Crippen molar-refractivity contribution < 1.29 is 22.0 Å².